The highest BCUT2D eigenvalue weighted by Gasteiger charge is 2.18. The molecule has 0 spiro atoms. The van der Waals surface area contributed by atoms with Crippen molar-refractivity contribution in [1.82, 2.24) is 20.2 Å². The van der Waals surface area contributed by atoms with Crippen molar-refractivity contribution in [2.45, 2.75) is 17.8 Å². The maximum Gasteiger partial charge on any atom is 0.374 e. The molecule has 0 aliphatic rings. The van der Waals surface area contributed by atoms with Crippen LogP contribution in [0.4, 0.5) is 0 Å². The van der Waals surface area contributed by atoms with Crippen molar-refractivity contribution < 1.29 is 13.9 Å². The molecule has 7 nitrogen and oxygen atoms in total. The molecule has 0 radical (unpaired) electrons. The molecule has 0 aliphatic carbocycles. The quantitative estimate of drug-likeness (QED) is 0.525. The number of hydrogen-bond acceptors (Lipinski definition) is 7. The Morgan fingerprint density at radius 2 is 2.17 bits per heavy atom. The minimum atomic E-state index is -0.496. The number of methoxy groups -OCH3 is 1. The third-order valence-electron chi connectivity index (χ3n) is 3.26. The molecule has 0 saturated heterocycles. The van der Waals surface area contributed by atoms with E-state index in [-0.39, 0.29) is 5.76 Å². The molecule has 2 heterocycles. The molecule has 3 rings (SSSR count). The minimum Gasteiger partial charge on any atom is -0.463 e. The molecule has 0 atom stereocenters. The Balaban J connectivity index is 1.81. The van der Waals surface area contributed by atoms with Crippen molar-refractivity contribution in [3.8, 4) is 5.69 Å². The van der Waals surface area contributed by atoms with Gasteiger partial charge in [-0.2, -0.15) is 4.68 Å². The maximum absolute atomic E-state index is 11.6. The first-order valence-corrected chi connectivity index (χ1v) is 7.81. The highest BCUT2D eigenvalue weighted by atomic mass is 32.2. The van der Waals surface area contributed by atoms with Crippen LogP contribution in [0.5, 0.6) is 0 Å². The van der Waals surface area contributed by atoms with Crippen LogP contribution in [0.15, 0.2) is 46.2 Å². The van der Waals surface area contributed by atoms with Gasteiger partial charge >= 0.3 is 5.97 Å². The molecular formula is C15H14N4O3S. The van der Waals surface area contributed by atoms with E-state index in [1.54, 1.807) is 10.7 Å². The highest BCUT2D eigenvalue weighted by Crippen LogP contribution is 2.26. The fraction of sp³-hybridized carbons (Fsp3) is 0.200. The van der Waals surface area contributed by atoms with Crippen molar-refractivity contribution in [3.05, 3.63) is 53.5 Å². The second-order valence-electron chi connectivity index (χ2n) is 4.71. The van der Waals surface area contributed by atoms with Crippen LogP contribution in [0.3, 0.4) is 0 Å². The number of benzene rings is 1. The summed E-state index contributed by atoms with van der Waals surface area (Å²) in [5.74, 6) is 0.201. The van der Waals surface area contributed by atoms with E-state index in [9.17, 15) is 4.79 Å². The second kappa shape index (κ2) is 6.66. The predicted molar refractivity (Wildman–Crippen MR) is 83.5 cm³/mol. The summed E-state index contributed by atoms with van der Waals surface area (Å²) < 4.78 is 11.5. The fourth-order valence-corrected chi connectivity index (χ4v) is 2.95. The number of furan rings is 1. The van der Waals surface area contributed by atoms with Crippen molar-refractivity contribution in [1.29, 1.82) is 0 Å². The molecular weight excluding hydrogens is 316 g/mol. The van der Waals surface area contributed by atoms with Crippen LogP contribution in [0.25, 0.3) is 5.69 Å². The molecule has 8 heteroatoms. The van der Waals surface area contributed by atoms with E-state index in [4.69, 9.17) is 9.15 Å². The van der Waals surface area contributed by atoms with Gasteiger partial charge in [0.25, 0.3) is 0 Å². The van der Waals surface area contributed by atoms with Crippen LogP contribution >= 0.6 is 11.8 Å². The zero-order chi connectivity index (χ0) is 16.2. The molecule has 1 aromatic carbocycles. The normalized spacial score (nSPS) is 10.7. The molecule has 0 saturated carbocycles. The number of carbonyl (C=O) groups is 1. The van der Waals surface area contributed by atoms with E-state index in [1.165, 1.54) is 25.1 Å². The van der Waals surface area contributed by atoms with Crippen LogP contribution in [-0.4, -0.2) is 33.3 Å². The van der Waals surface area contributed by atoms with Gasteiger partial charge in [0.2, 0.25) is 10.9 Å². The number of ether oxygens (including phenoxy) is 1. The van der Waals surface area contributed by atoms with Crippen LogP contribution < -0.4 is 0 Å². The molecule has 0 unspecified atom stereocenters. The molecule has 0 aliphatic heterocycles. The monoisotopic (exact) mass is 330 g/mol. The molecule has 0 amide bonds. The van der Waals surface area contributed by atoms with Gasteiger partial charge in [-0.25, -0.2) is 4.79 Å². The van der Waals surface area contributed by atoms with Crippen molar-refractivity contribution in [2.24, 2.45) is 0 Å². The van der Waals surface area contributed by atoms with E-state index in [0.717, 1.165) is 16.8 Å². The Morgan fingerprint density at radius 3 is 2.96 bits per heavy atom. The predicted octanol–water partition coefficient (Wildman–Crippen LogP) is 2.64. The molecule has 0 N–H and O–H groups in total. The zero-order valence-corrected chi connectivity index (χ0v) is 13.4. The first kappa shape index (κ1) is 15.3. The van der Waals surface area contributed by atoms with Gasteiger partial charge in [0.1, 0.15) is 0 Å². The third-order valence-corrected chi connectivity index (χ3v) is 4.23. The lowest BCUT2D eigenvalue weighted by Crippen LogP contribution is -2.03. The van der Waals surface area contributed by atoms with Gasteiger partial charge in [0, 0.05) is 11.3 Å². The SMILES string of the molecule is COC(=O)c1occc1CSc1nnnn1-c1ccccc1C. The number of carbonyl (C=O) groups excluding carboxylic acids is 1. The number of tetrazole rings is 1. The summed E-state index contributed by atoms with van der Waals surface area (Å²) >= 11 is 1.42. The summed E-state index contributed by atoms with van der Waals surface area (Å²) in [5, 5.41) is 12.5. The number of nitrogens with zero attached hydrogens (tertiary/aromatic N) is 4. The summed E-state index contributed by atoms with van der Waals surface area (Å²) in [4.78, 5) is 11.6. The zero-order valence-electron chi connectivity index (χ0n) is 12.6. The smallest absolute Gasteiger partial charge is 0.374 e. The van der Waals surface area contributed by atoms with Crippen LogP contribution in [0.2, 0.25) is 0 Å². The lowest BCUT2D eigenvalue weighted by molar-refractivity contribution is 0.0564. The average Bonchev–Trinajstić information content (AvgIpc) is 3.21. The van der Waals surface area contributed by atoms with Crippen LogP contribution in [-0.2, 0) is 10.5 Å². The fourth-order valence-electron chi connectivity index (χ4n) is 2.08. The van der Waals surface area contributed by atoms with Crippen molar-refractivity contribution >= 4 is 17.7 Å². The largest absolute Gasteiger partial charge is 0.463 e. The Bertz CT molecular complexity index is 828. The van der Waals surface area contributed by atoms with Gasteiger partial charge in [-0.3, -0.25) is 0 Å². The van der Waals surface area contributed by atoms with Gasteiger partial charge in [-0.1, -0.05) is 30.0 Å². The topological polar surface area (TPSA) is 83.0 Å². The van der Waals surface area contributed by atoms with Gasteiger partial charge in [0.05, 0.1) is 19.1 Å². The van der Waals surface area contributed by atoms with Gasteiger partial charge in [-0.15, -0.1) is 5.10 Å². The summed E-state index contributed by atoms with van der Waals surface area (Å²) in [7, 11) is 1.32. The first-order valence-electron chi connectivity index (χ1n) is 6.82. The second-order valence-corrected chi connectivity index (χ2v) is 5.66. The number of rotatable bonds is 5. The number of aromatic nitrogens is 4. The van der Waals surface area contributed by atoms with E-state index in [0.29, 0.717) is 10.9 Å². The number of hydrogen-bond donors (Lipinski definition) is 0. The number of para-hydroxylation sites is 1. The maximum atomic E-state index is 11.6. The number of esters is 1. The molecule has 0 bridgehead atoms. The lowest BCUT2D eigenvalue weighted by Gasteiger charge is -2.06. The Labute approximate surface area is 136 Å². The summed E-state index contributed by atoms with van der Waals surface area (Å²) in [6, 6.07) is 9.58. The van der Waals surface area contributed by atoms with Gasteiger partial charge in [-0.05, 0) is 35.0 Å². The Hall–Kier alpha value is -2.61. The Kier molecular flexibility index (Phi) is 4.42. The molecule has 118 valence electrons. The molecule has 3 aromatic rings. The van der Waals surface area contributed by atoms with Crippen LogP contribution in [0.1, 0.15) is 21.7 Å². The van der Waals surface area contributed by atoms with E-state index >= 15 is 0 Å². The van der Waals surface area contributed by atoms with Gasteiger partial charge in [0.15, 0.2) is 0 Å². The van der Waals surface area contributed by atoms with Gasteiger partial charge < -0.3 is 9.15 Å². The number of aryl methyl sites for hydroxylation is 1. The van der Waals surface area contributed by atoms with E-state index < -0.39 is 5.97 Å². The van der Waals surface area contributed by atoms with Crippen molar-refractivity contribution in [3.63, 3.8) is 0 Å². The summed E-state index contributed by atoms with van der Waals surface area (Å²) in [5.41, 5.74) is 2.72. The highest BCUT2D eigenvalue weighted by molar-refractivity contribution is 7.98. The Morgan fingerprint density at radius 1 is 1.35 bits per heavy atom. The molecule has 2 aromatic heterocycles. The first-order chi connectivity index (χ1) is 11.2. The standard InChI is InChI=1S/C15H14N4O3S/c1-10-5-3-4-6-12(10)19-15(16-17-18-19)23-9-11-7-8-22-13(11)14(20)21-2/h3-8H,9H2,1-2H3. The van der Waals surface area contributed by atoms with Crippen molar-refractivity contribution in [2.75, 3.05) is 7.11 Å². The average molecular weight is 330 g/mol. The van der Waals surface area contributed by atoms with E-state index in [1.807, 2.05) is 31.2 Å². The van der Waals surface area contributed by atoms with Crippen LogP contribution in [0, 0.1) is 6.92 Å². The summed E-state index contributed by atoms with van der Waals surface area (Å²) in [6.45, 7) is 2.00. The molecule has 0 fully saturated rings. The van der Waals surface area contributed by atoms with E-state index in [2.05, 4.69) is 15.5 Å². The minimum absolute atomic E-state index is 0.204. The third kappa shape index (κ3) is 3.11. The number of thioether (sulfide) groups is 1. The summed E-state index contributed by atoms with van der Waals surface area (Å²) in [6.07, 6.45) is 1.46. The lowest BCUT2D eigenvalue weighted by atomic mass is 10.2. The molecule has 23 heavy (non-hydrogen) atoms.